The number of hydrogen-bond donors (Lipinski definition) is 1. The zero-order valence-corrected chi connectivity index (χ0v) is 12.1. The molecule has 2 aromatic heterocycles. The third-order valence-corrected chi connectivity index (χ3v) is 3.89. The second kappa shape index (κ2) is 4.74. The van der Waals surface area contributed by atoms with Crippen LogP contribution in [0, 0.1) is 20.8 Å². The van der Waals surface area contributed by atoms with Gasteiger partial charge >= 0.3 is 5.97 Å². The number of aromatic nitrogens is 1. The third-order valence-electron chi connectivity index (χ3n) is 3.89. The van der Waals surface area contributed by atoms with E-state index >= 15 is 0 Å². The van der Waals surface area contributed by atoms with Crippen LogP contribution in [0.25, 0.3) is 22.4 Å². The monoisotopic (exact) mass is 281 g/mol. The van der Waals surface area contributed by atoms with Gasteiger partial charge < -0.3 is 9.52 Å². The zero-order chi connectivity index (χ0) is 15.1. The van der Waals surface area contributed by atoms with Crippen molar-refractivity contribution in [2.75, 3.05) is 0 Å². The van der Waals surface area contributed by atoms with Gasteiger partial charge in [0.2, 0.25) is 0 Å². The van der Waals surface area contributed by atoms with Crippen LogP contribution in [0.1, 0.15) is 27.0 Å². The second-order valence-electron chi connectivity index (χ2n) is 5.15. The Kier molecular flexibility index (Phi) is 3.01. The molecule has 3 rings (SSSR count). The summed E-state index contributed by atoms with van der Waals surface area (Å²) < 4.78 is 5.40. The Morgan fingerprint density at radius 3 is 2.52 bits per heavy atom. The van der Waals surface area contributed by atoms with Crippen molar-refractivity contribution in [2.24, 2.45) is 0 Å². The number of aryl methyl sites for hydroxylation is 2. The first kappa shape index (κ1) is 13.4. The van der Waals surface area contributed by atoms with E-state index in [1.165, 1.54) is 0 Å². The zero-order valence-electron chi connectivity index (χ0n) is 12.1. The Morgan fingerprint density at radius 1 is 1.14 bits per heavy atom. The van der Waals surface area contributed by atoms with Crippen LogP contribution in [-0.4, -0.2) is 16.1 Å². The average Bonchev–Trinajstić information content (AvgIpc) is 2.96. The number of furan rings is 1. The van der Waals surface area contributed by atoms with Crippen molar-refractivity contribution in [2.45, 2.75) is 20.8 Å². The molecule has 4 heteroatoms. The summed E-state index contributed by atoms with van der Waals surface area (Å²) >= 11 is 0. The van der Waals surface area contributed by atoms with Crippen molar-refractivity contribution in [1.29, 1.82) is 0 Å². The lowest BCUT2D eigenvalue weighted by molar-refractivity contribution is 0.0698. The highest BCUT2D eigenvalue weighted by atomic mass is 16.4. The standard InChI is InChI=1S/C17H15NO3/c1-9-6-7-12-14(17(19)20)11(3)16(13-5-4-8-21-13)18-15(12)10(9)2/h4-8H,1-3H3,(H,19,20). The maximum atomic E-state index is 11.7. The molecule has 106 valence electrons. The SMILES string of the molecule is Cc1ccc2c(C(=O)O)c(C)c(-c3ccco3)nc2c1C. The van der Waals surface area contributed by atoms with Crippen molar-refractivity contribution in [1.82, 2.24) is 4.98 Å². The van der Waals surface area contributed by atoms with Gasteiger partial charge in [-0.3, -0.25) is 0 Å². The number of rotatable bonds is 2. The number of fused-ring (bicyclic) bond motifs is 1. The van der Waals surface area contributed by atoms with Crippen LogP contribution in [0.2, 0.25) is 0 Å². The predicted octanol–water partition coefficient (Wildman–Crippen LogP) is 4.12. The molecule has 4 nitrogen and oxygen atoms in total. The molecular weight excluding hydrogens is 266 g/mol. The van der Waals surface area contributed by atoms with Crippen LogP contribution >= 0.6 is 0 Å². The van der Waals surface area contributed by atoms with Crippen LogP contribution in [-0.2, 0) is 0 Å². The molecule has 0 saturated carbocycles. The molecule has 0 fully saturated rings. The minimum atomic E-state index is -0.948. The van der Waals surface area contributed by atoms with Crippen LogP contribution in [0.5, 0.6) is 0 Å². The van der Waals surface area contributed by atoms with E-state index in [2.05, 4.69) is 4.98 Å². The molecule has 0 radical (unpaired) electrons. The number of carbonyl (C=O) groups is 1. The molecule has 0 saturated heterocycles. The molecule has 21 heavy (non-hydrogen) atoms. The Morgan fingerprint density at radius 2 is 1.90 bits per heavy atom. The van der Waals surface area contributed by atoms with Gasteiger partial charge in [-0.05, 0) is 49.6 Å². The fourth-order valence-electron chi connectivity index (χ4n) is 2.59. The van der Waals surface area contributed by atoms with Crippen molar-refractivity contribution in [3.8, 4) is 11.5 Å². The lowest BCUT2D eigenvalue weighted by Gasteiger charge is -2.13. The van der Waals surface area contributed by atoms with E-state index in [1.54, 1.807) is 25.3 Å². The van der Waals surface area contributed by atoms with Crippen LogP contribution in [0.3, 0.4) is 0 Å². The van der Waals surface area contributed by atoms with Gasteiger partial charge in [0.05, 0.1) is 17.3 Å². The molecule has 0 atom stereocenters. The maximum Gasteiger partial charge on any atom is 0.336 e. The van der Waals surface area contributed by atoms with Gasteiger partial charge in [0.1, 0.15) is 5.69 Å². The van der Waals surface area contributed by atoms with Gasteiger partial charge in [0.25, 0.3) is 0 Å². The molecule has 0 bridgehead atoms. The number of hydrogen-bond acceptors (Lipinski definition) is 3. The molecule has 0 unspecified atom stereocenters. The molecule has 0 aliphatic carbocycles. The van der Waals surface area contributed by atoms with E-state index in [4.69, 9.17) is 4.42 Å². The smallest absolute Gasteiger partial charge is 0.336 e. The molecule has 0 aliphatic heterocycles. The van der Waals surface area contributed by atoms with E-state index in [-0.39, 0.29) is 5.56 Å². The summed E-state index contributed by atoms with van der Waals surface area (Å²) in [4.78, 5) is 16.4. The number of carboxylic acid groups (broad SMARTS) is 1. The highest BCUT2D eigenvalue weighted by Crippen LogP contribution is 2.32. The number of benzene rings is 1. The van der Waals surface area contributed by atoms with E-state index in [9.17, 15) is 9.90 Å². The average molecular weight is 281 g/mol. The largest absolute Gasteiger partial charge is 0.478 e. The van der Waals surface area contributed by atoms with E-state index < -0.39 is 5.97 Å². The summed E-state index contributed by atoms with van der Waals surface area (Å²) in [5, 5.41) is 10.3. The van der Waals surface area contributed by atoms with Crippen LogP contribution in [0.15, 0.2) is 34.9 Å². The summed E-state index contributed by atoms with van der Waals surface area (Å²) in [5.74, 6) is -0.367. The quantitative estimate of drug-likeness (QED) is 0.767. The summed E-state index contributed by atoms with van der Waals surface area (Å²) in [5.41, 5.74) is 4.27. The summed E-state index contributed by atoms with van der Waals surface area (Å²) in [6.07, 6.45) is 1.56. The summed E-state index contributed by atoms with van der Waals surface area (Å²) in [6, 6.07) is 7.31. The number of carboxylic acids is 1. The maximum absolute atomic E-state index is 11.7. The van der Waals surface area contributed by atoms with Gasteiger partial charge in [-0.1, -0.05) is 12.1 Å². The molecule has 0 amide bonds. The first-order valence-corrected chi connectivity index (χ1v) is 6.68. The molecule has 3 aromatic rings. The minimum absolute atomic E-state index is 0.287. The Labute approximate surface area is 122 Å². The lowest BCUT2D eigenvalue weighted by Crippen LogP contribution is -2.05. The normalized spacial score (nSPS) is 11.0. The van der Waals surface area contributed by atoms with Crippen molar-refractivity contribution < 1.29 is 14.3 Å². The highest BCUT2D eigenvalue weighted by molar-refractivity contribution is 6.06. The molecule has 0 aliphatic rings. The lowest BCUT2D eigenvalue weighted by atomic mass is 9.96. The summed E-state index contributed by atoms with van der Waals surface area (Å²) in [6.45, 7) is 5.71. The fraction of sp³-hybridized carbons (Fsp3) is 0.176. The van der Waals surface area contributed by atoms with Gasteiger partial charge in [0.15, 0.2) is 5.76 Å². The molecule has 0 spiro atoms. The first-order chi connectivity index (χ1) is 10.0. The van der Waals surface area contributed by atoms with Crippen LogP contribution in [0.4, 0.5) is 0 Å². The third kappa shape index (κ3) is 2.00. The summed E-state index contributed by atoms with van der Waals surface area (Å²) in [7, 11) is 0. The van der Waals surface area contributed by atoms with Crippen molar-refractivity contribution in [3.05, 3.63) is 52.8 Å². The topological polar surface area (TPSA) is 63.3 Å². The molecule has 1 aromatic carbocycles. The van der Waals surface area contributed by atoms with Gasteiger partial charge in [-0.15, -0.1) is 0 Å². The van der Waals surface area contributed by atoms with Crippen LogP contribution < -0.4 is 0 Å². The van der Waals surface area contributed by atoms with Gasteiger partial charge in [0, 0.05) is 5.39 Å². The van der Waals surface area contributed by atoms with E-state index in [1.807, 2.05) is 26.0 Å². The first-order valence-electron chi connectivity index (χ1n) is 6.68. The number of pyridine rings is 1. The minimum Gasteiger partial charge on any atom is -0.478 e. The van der Waals surface area contributed by atoms with Crippen molar-refractivity contribution >= 4 is 16.9 Å². The van der Waals surface area contributed by atoms with Crippen molar-refractivity contribution in [3.63, 3.8) is 0 Å². The Bertz CT molecular complexity index is 848. The molecule has 2 heterocycles. The highest BCUT2D eigenvalue weighted by Gasteiger charge is 2.20. The Hall–Kier alpha value is -2.62. The predicted molar refractivity (Wildman–Crippen MR) is 80.6 cm³/mol. The van der Waals surface area contributed by atoms with E-state index in [0.717, 1.165) is 11.1 Å². The number of aromatic carboxylic acids is 1. The molecule has 1 N–H and O–H groups in total. The van der Waals surface area contributed by atoms with Gasteiger partial charge in [-0.2, -0.15) is 0 Å². The molecular formula is C17H15NO3. The number of nitrogens with zero attached hydrogens (tertiary/aromatic N) is 1. The Balaban J connectivity index is 2.49. The van der Waals surface area contributed by atoms with Gasteiger partial charge in [-0.25, -0.2) is 9.78 Å². The second-order valence-corrected chi connectivity index (χ2v) is 5.15. The fourth-order valence-corrected chi connectivity index (χ4v) is 2.59. The van der Waals surface area contributed by atoms with E-state index in [0.29, 0.717) is 27.9 Å².